The van der Waals surface area contributed by atoms with Crippen LogP contribution in [0.3, 0.4) is 0 Å². The van der Waals surface area contributed by atoms with Gasteiger partial charge in [0.25, 0.3) is 5.69 Å². The minimum atomic E-state index is -0.501. The van der Waals surface area contributed by atoms with Gasteiger partial charge in [0.2, 0.25) is 0 Å². The molecule has 0 fully saturated rings. The SMILES string of the molecule is N#Cc1ccc(Br)cc1Oc1c(Br)cc([N+](=O)[O-])cc1Br. The number of rotatable bonds is 3. The van der Waals surface area contributed by atoms with Gasteiger partial charge in [-0.2, -0.15) is 5.26 Å². The van der Waals surface area contributed by atoms with Crippen molar-refractivity contribution in [3.63, 3.8) is 0 Å². The molecule has 0 radical (unpaired) electrons. The third-order valence-corrected chi connectivity index (χ3v) is 4.14. The molecule has 8 heteroatoms. The molecule has 0 saturated carbocycles. The third kappa shape index (κ3) is 3.61. The highest BCUT2D eigenvalue weighted by Crippen LogP contribution is 2.40. The molecule has 2 aromatic rings. The van der Waals surface area contributed by atoms with Crippen molar-refractivity contribution in [2.45, 2.75) is 0 Å². The molecule has 2 aromatic carbocycles. The molecule has 0 unspecified atom stereocenters. The van der Waals surface area contributed by atoms with E-state index in [1.165, 1.54) is 12.1 Å². The first-order chi connectivity index (χ1) is 9.92. The lowest BCUT2D eigenvalue weighted by Crippen LogP contribution is -1.93. The van der Waals surface area contributed by atoms with E-state index in [4.69, 9.17) is 10.00 Å². The van der Waals surface area contributed by atoms with Gasteiger partial charge in [-0.05, 0) is 50.1 Å². The van der Waals surface area contributed by atoms with Crippen LogP contribution in [0.4, 0.5) is 5.69 Å². The van der Waals surface area contributed by atoms with Crippen LogP contribution in [0.5, 0.6) is 11.5 Å². The highest BCUT2D eigenvalue weighted by Gasteiger charge is 2.17. The highest BCUT2D eigenvalue weighted by atomic mass is 79.9. The van der Waals surface area contributed by atoms with Crippen LogP contribution in [0.2, 0.25) is 0 Å². The molecule has 0 spiro atoms. The Kier molecular flexibility index (Phi) is 4.98. The number of hydrogen-bond donors (Lipinski definition) is 0. The molecule has 0 aliphatic heterocycles. The van der Waals surface area contributed by atoms with E-state index >= 15 is 0 Å². The summed E-state index contributed by atoms with van der Waals surface area (Å²) in [5.41, 5.74) is 0.284. The van der Waals surface area contributed by atoms with Crippen molar-refractivity contribution in [2.24, 2.45) is 0 Å². The predicted molar refractivity (Wildman–Crippen MR) is 87.4 cm³/mol. The van der Waals surface area contributed by atoms with E-state index in [1.54, 1.807) is 18.2 Å². The zero-order chi connectivity index (χ0) is 15.6. The van der Waals surface area contributed by atoms with E-state index in [2.05, 4.69) is 47.8 Å². The topological polar surface area (TPSA) is 76.2 Å². The number of hydrogen-bond acceptors (Lipinski definition) is 4. The first-order valence-electron chi connectivity index (χ1n) is 5.43. The van der Waals surface area contributed by atoms with Crippen LogP contribution >= 0.6 is 47.8 Å². The van der Waals surface area contributed by atoms with Gasteiger partial charge in [0.05, 0.1) is 19.4 Å². The Bertz CT molecular complexity index is 749. The summed E-state index contributed by atoms with van der Waals surface area (Å²) in [6.45, 7) is 0. The second kappa shape index (κ2) is 6.56. The standard InChI is InChI=1S/C13H5Br3N2O3/c14-8-2-1-7(6-17)12(3-8)21-13-10(15)4-9(18(19)20)5-11(13)16/h1-5H. The van der Waals surface area contributed by atoms with Gasteiger partial charge in [0, 0.05) is 16.6 Å². The molecule has 106 valence electrons. The van der Waals surface area contributed by atoms with Gasteiger partial charge in [-0.15, -0.1) is 0 Å². The smallest absolute Gasteiger partial charge is 0.271 e. The van der Waals surface area contributed by atoms with Crippen LogP contribution in [0.15, 0.2) is 43.7 Å². The van der Waals surface area contributed by atoms with Gasteiger partial charge in [-0.1, -0.05) is 15.9 Å². The van der Waals surface area contributed by atoms with Gasteiger partial charge in [0.15, 0.2) is 5.75 Å². The zero-order valence-electron chi connectivity index (χ0n) is 10.1. The number of ether oxygens (including phenoxy) is 1. The summed E-state index contributed by atoms with van der Waals surface area (Å²) in [6, 6.07) is 9.70. The summed E-state index contributed by atoms with van der Waals surface area (Å²) >= 11 is 9.77. The van der Waals surface area contributed by atoms with E-state index in [0.29, 0.717) is 26.0 Å². The third-order valence-electron chi connectivity index (χ3n) is 2.47. The number of nitriles is 1. The quantitative estimate of drug-likeness (QED) is 0.430. The highest BCUT2D eigenvalue weighted by molar-refractivity contribution is 9.11. The number of benzene rings is 2. The second-order valence-corrected chi connectivity index (χ2v) is 6.47. The Hall–Kier alpha value is -1.43. The van der Waals surface area contributed by atoms with Gasteiger partial charge >= 0.3 is 0 Å². The van der Waals surface area contributed by atoms with Gasteiger partial charge < -0.3 is 4.74 Å². The Morgan fingerprint density at radius 1 is 1.14 bits per heavy atom. The Balaban J connectivity index is 2.48. The van der Waals surface area contributed by atoms with Crippen LogP contribution in [0.25, 0.3) is 0 Å². The second-order valence-electron chi connectivity index (χ2n) is 3.85. The summed E-state index contributed by atoms with van der Waals surface area (Å²) in [4.78, 5) is 10.3. The molecule has 0 saturated heterocycles. The molecule has 0 atom stereocenters. The van der Waals surface area contributed by atoms with Crippen LogP contribution in [0, 0.1) is 21.4 Å². The lowest BCUT2D eigenvalue weighted by molar-refractivity contribution is -0.385. The van der Waals surface area contributed by atoms with Crippen LogP contribution < -0.4 is 4.74 Å². The molecule has 0 amide bonds. The minimum absolute atomic E-state index is 0.0733. The lowest BCUT2D eigenvalue weighted by Gasteiger charge is -2.11. The van der Waals surface area contributed by atoms with Crippen molar-refractivity contribution < 1.29 is 9.66 Å². The van der Waals surface area contributed by atoms with E-state index in [-0.39, 0.29) is 5.69 Å². The fraction of sp³-hybridized carbons (Fsp3) is 0. The Morgan fingerprint density at radius 3 is 2.29 bits per heavy atom. The van der Waals surface area contributed by atoms with Crippen LogP contribution in [-0.2, 0) is 0 Å². The number of nitro groups is 1. The minimum Gasteiger partial charge on any atom is -0.454 e. The first-order valence-corrected chi connectivity index (χ1v) is 7.81. The molecular weight excluding hydrogens is 472 g/mol. The molecule has 0 aromatic heterocycles. The Morgan fingerprint density at radius 2 is 1.76 bits per heavy atom. The Labute approximate surface area is 145 Å². The number of nitrogens with zero attached hydrogens (tertiary/aromatic N) is 2. The van der Waals surface area contributed by atoms with Crippen molar-refractivity contribution in [3.05, 3.63) is 59.4 Å². The van der Waals surface area contributed by atoms with Crippen molar-refractivity contribution >= 4 is 53.5 Å². The van der Waals surface area contributed by atoms with Gasteiger partial charge in [-0.25, -0.2) is 0 Å². The van der Waals surface area contributed by atoms with E-state index in [0.717, 1.165) is 4.47 Å². The molecule has 0 N–H and O–H groups in total. The number of halogens is 3. The largest absolute Gasteiger partial charge is 0.454 e. The summed E-state index contributed by atoms with van der Waals surface area (Å²) in [5, 5.41) is 19.9. The summed E-state index contributed by atoms with van der Waals surface area (Å²) in [7, 11) is 0. The maximum Gasteiger partial charge on any atom is 0.271 e. The van der Waals surface area contributed by atoms with Crippen molar-refractivity contribution in [1.82, 2.24) is 0 Å². The average molecular weight is 477 g/mol. The van der Waals surface area contributed by atoms with Crippen LogP contribution in [0.1, 0.15) is 5.56 Å². The van der Waals surface area contributed by atoms with Gasteiger partial charge in [-0.3, -0.25) is 10.1 Å². The van der Waals surface area contributed by atoms with Crippen molar-refractivity contribution in [1.29, 1.82) is 5.26 Å². The molecular formula is C13H5Br3N2O3. The average Bonchev–Trinajstić information content (AvgIpc) is 2.42. The molecule has 21 heavy (non-hydrogen) atoms. The predicted octanol–water partition coefficient (Wildman–Crippen LogP) is 5.55. The summed E-state index contributed by atoms with van der Waals surface area (Å²) in [6.07, 6.45) is 0. The van der Waals surface area contributed by atoms with E-state index < -0.39 is 4.92 Å². The fourth-order valence-corrected chi connectivity index (χ4v) is 3.20. The molecule has 0 bridgehead atoms. The lowest BCUT2D eigenvalue weighted by atomic mass is 10.2. The van der Waals surface area contributed by atoms with Crippen molar-refractivity contribution in [3.8, 4) is 17.6 Å². The molecule has 5 nitrogen and oxygen atoms in total. The summed E-state index contributed by atoms with van der Waals surface area (Å²) < 4.78 is 7.28. The maximum absolute atomic E-state index is 10.8. The van der Waals surface area contributed by atoms with Crippen molar-refractivity contribution in [2.75, 3.05) is 0 Å². The normalized spacial score (nSPS) is 10.0. The number of non-ortho nitro benzene ring substituents is 1. The first kappa shape index (κ1) is 15.9. The molecule has 0 aliphatic carbocycles. The van der Waals surface area contributed by atoms with Crippen LogP contribution in [-0.4, -0.2) is 4.92 Å². The zero-order valence-corrected chi connectivity index (χ0v) is 14.9. The molecule has 0 heterocycles. The van der Waals surface area contributed by atoms with E-state index in [1.807, 2.05) is 6.07 Å². The monoisotopic (exact) mass is 474 g/mol. The van der Waals surface area contributed by atoms with E-state index in [9.17, 15) is 10.1 Å². The molecule has 0 aliphatic rings. The summed E-state index contributed by atoms with van der Waals surface area (Å²) in [5.74, 6) is 0.706. The number of nitro benzene ring substituents is 1. The maximum atomic E-state index is 10.8. The molecule has 2 rings (SSSR count). The fourth-order valence-electron chi connectivity index (χ4n) is 1.53. The van der Waals surface area contributed by atoms with Gasteiger partial charge in [0.1, 0.15) is 11.8 Å².